The Bertz CT molecular complexity index is 1110. The number of ether oxygens (including phenoxy) is 1. The zero-order valence-electron chi connectivity index (χ0n) is 27.0. The van der Waals surface area contributed by atoms with Gasteiger partial charge in [-0.1, -0.05) is 19.9 Å². The maximum atomic E-state index is 12.9. The lowest BCUT2D eigenvalue weighted by atomic mass is 9.78. The first-order valence-corrected chi connectivity index (χ1v) is 17.4. The van der Waals surface area contributed by atoms with Gasteiger partial charge in [0.15, 0.2) is 5.88 Å². The Labute approximate surface area is 255 Å². The van der Waals surface area contributed by atoms with E-state index in [-0.39, 0.29) is 11.8 Å². The first kappa shape index (κ1) is 29.8. The lowest BCUT2D eigenvalue weighted by Crippen LogP contribution is -2.42. The molecule has 3 atom stereocenters. The number of nitrogens with zero attached hydrogens (tertiary/aromatic N) is 4. The molecule has 4 heterocycles. The molecule has 6 nitrogen and oxygen atoms in total. The Kier molecular flexibility index (Phi) is 9.38. The van der Waals surface area contributed by atoms with Gasteiger partial charge in [0.1, 0.15) is 6.61 Å². The molecule has 1 saturated carbocycles. The molecule has 42 heavy (non-hydrogen) atoms. The number of hydrogen-bond acceptors (Lipinski definition) is 5. The second-order valence-corrected chi connectivity index (χ2v) is 14.2. The van der Waals surface area contributed by atoms with Gasteiger partial charge >= 0.3 is 0 Å². The predicted molar refractivity (Wildman–Crippen MR) is 173 cm³/mol. The lowest BCUT2D eigenvalue weighted by molar-refractivity contribution is -0.121. The normalized spacial score (nSPS) is 26.2. The molecule has 4 aliphatic heterocycles. The minimum absolute atomic E-state index is 0.0535. The van der Waals surface area contributed by atoms with Gasteiger partial charge in [0.2, 0.25) is 5.91 Å². The first-order valence-electron chi connectivity index (χ1n) is 17.4. The number of rotatable bonds is 9. The topological polar surface area (TPSA) is 39.3 Å². The summed E-state index contributed by atoms with van der Waals surface area (Å²) in [5.74, 6) is 3.21. The Morgan fingerprint density at radius 2 is 1.67 bits per heavy atom. The fourth-order valence-corrected chi connectivity index (χ4v) is 8.52. The molecule has 232 valence electrons. The van der Waals surface area contributed by atoms with Crippen LogP contribution in [0.2, 0.25) is 0 Å². The number of piperidine rings is 2. The van der Waals surface area contributed by atoms with E-state index in [0.29, 0.717) is 6.04 Å². The standard InChI is InChI=1S/C36H56N4O2/c1-5-26(2)35(41)37(4)34-24-32(12-11-27(34)3)38-20-15-28(16-21-38)29-17-22-39(23-18-29)36(30-8-6-9-30)42-25-33-14-13-31-10-7-19-40(31)33/h11-12,24,26,28-29,31,33H,5-10,13-23,25H2,1-4H3. The summed E-state index contributed by atoms with van der Waals surface area (Å²) in [7, 11) is 1.94. The summed E-state index contributed by atoms with van der Waals surface area (Å²) >= 11 is 0. The van der Waals surface area contributed by atoms with Crippen molar-refractivity contribution >= 4 is 17.3 Å². The van der Waals surface area contributed by atoms with E-state index in [9.17, 15) is 4.79 Å². The molecular weight excluding hydrogens is 520 g/mol. The van der Waals surface area contributed by atoms with E-state index in [4.69, 9.17) is 4.74 Å². The van der Waals surface area contributed by atoms with Crippen LogP contribution in [0, 0.1) is 24.7 Å². The predicted octanol–water partition coefficient (Wildman–Crippen LogP) is 6.97. The van der Waals surface area contributed by atoms with Crippen LogP contribution >= 0.6 is 0 Å². The Hall–Kier alpha value is -2.21. The van der Waals surface area contributed by atoms with Crippen LogP contribution in [-0.2, 0) is 9.53 Å². The third-order valence-corrected chi connectivity index (χ3v) is 11.7. The van der Waals surface area contributed by atoms with E-state index in [2.05, 4.69) is 46.7 Å². The summed E-state index contributed by atoms with van der Waals surface area (Å²) in [6.45, 7) is 13.0. The molecule has 0 radical (unpaired) electrons. The minimum Gasteiger partial charge on any atom is -0.477 e. The summed E-state index contributed by atoms with van der Waals surface area (Å²) in [5, 5.41) is 0. The van der Waals surface area contributed by atoms with Gasteiger partial charge < -0.3 is 19.4 Å². The highest BCUT2D eigenvalue weighted by molar-refractivity contribution is 5.95. The number of hydrogen-bond donors (Lipinski definition) is 0. The number of amides is 1. The quantitative estimate of drug-likeness (QED) is 0.297. The van der Waals surface area contributed by atoms with Gasteiger partial charge in [0.25, 0.3) is 0 Å². The van der Waals surface area contributed by atoms with Gasteiger partial charge in [-0.2, -0.15) is 0 Å². The van der Waals surface area contributed by atoms with Crippen molar-refractivity contribution in [2.75, 3.05) is 56.2 Å². The Balaban J connectivity index is 1.00. The molecule has 1 aliphatic carbocycles. The molecule has 6 heteroatoms. The third-order valence-electron chi connectivity index (χ3n) is 11.7. The van der Waals surface area contributed by atoms with Crippen LogP contribution in [0.3, 0.4) is 0 Å². The summed E-state index contributed by atoms with van der Waals surface area (Å²) in [5.41, 5.74) is 5.08. The number of benzene rings is 1. The Morgan fingerprint density at radius 3 is 2.33 bits per heavy atom. The SMILES string of the molecule is CCC(C)C(=O)N(C)c1cc(N2CCC(C3CCN(C(OCC4CCC5CCCN54)=C4CCC4)CC3)CC2)ccc1C. The van der Waals surface area contributed by atoms with Crippen molar-refractivity contribution in [3.05, 3.63) is 35.2 Å². The lowest BCUT2D eigenvalue weighted by Gasteiger charge is -2.42. The minimum atomic E-state index is 0.0535. The van der Waals surface area contributed by atoms with Crippen molar-refractivity contribution in [2.24, 2.45) is 17.8 Å². The second-order valence-electron chi connectivity index (χ2n) is 14.2. The number of likely N-dealkylation sites (tertiary alicyclic amines) is 1. The van der Waals surface area contributed by atoms with E-state index in [1.807, 2.05) is 18.9 Å². The van der Waals surface area contributed by atoms with E-state index >= 15 is 0 Å². The van der Waals surface area contributed by atoms with E-state index in [0.717, 1.165) is 49.7 Å². The monoisotopic (exact) mass is 576 g/mol. The molecule has 0 N–H and O–H groups in total. The number of carbonyl (C=O) groups is 1. The van der Waals surface area contributed by atoms with Gasteiger partial charge in [-0.25, -0.2) is 0 Å². The van der Waals surface area contributed by atoms with Crippen LogP contribution in [0.25, 0.3) is 0 Å². The van der Waals surface area contributed by atoms with Crippen LogP contribution in [0.15, 0.2) is 29.7 Å². The first-order chi connectivity index (χ1) is 20.4. The van der Waals surface area contributed by atoms with Crippen LogP contribution in [0.1, 0.15) is 96.5 Å². The van der Waals surface area contributed by atoms with Crippen molar-refractivity contribution in [3.63, 3.8) is 0 Å². The van der Waals surface area contributed by atoms with Crippen LogP contribution < -0.4 is 9.80 Å². The van der Waals surface area contributed by atoms with E-state index < -0.39 is 0 Å². The zero-order chi connectivity index (χ0) is 29.2. The fraction of sp³-hybridized carbons (Fsp3) is 0.750. The van der Waals surface area contributed by atoms with Crippen LogP contribution in [0.4, 0.5) is 11.4 Å². The van der Waals surface area contributed by atoms with Crippen LogP contribution in [0.5, 0.6) is 0 Å². The van der Waals surface area contributed by atoms with Gasteiger partial charge in [0, 0.05) is 62.6 Å². The largest absolute Gasteiger partial charge is 0.477 e. The molecule has 0 spiro atoms. The smallest absolute Gasteiger partial charge is 0.229 e. The van der Waals surface area contributed by atoms with Crippen molar-refractivity contribution in [1.82, 2.24) is 9.80 Å². The van der Waals surface area contributed by atoms with Crippen LogP contribution in [-0.4, -0.2) is 74.2 Å². The second kappa shape index (κ2) is 13.2. The number of aryl methyl sites for hydroxylation is 1. The summed E-state index contributed by atoms with van der Waals surface area (Å²) in [6.07, 6.45) is 15.3. The van der Waals surface area contributed by atoms with Crippen molar-refractivity contribution in [1.29, 1.82) is 0 Å². The van der Waals surface area contributed by atoms with Gasteiger partial charge in [-0.15, -0.1) is 0 Å². The number of carbonyl (C=O) groups excluding carboxylic acids is 1. The van der Waals surface area contributed by atoms with Crippen molar-refractivity contribution in [3.8, 4) is 0 Å². The Morgan fingerprint density at radius 1 is 0.952 bits per heavy atom. The maximum Gasteiger partial charge on any atom is 0.229 e. The molecule has 3 unspecified atom stereocenters. The highest BCUT2D eigenvalue weighted by Gasteiger charge is 2.38. The molecule has 5 fully saturated rings. The maximum absolute atomic E-state index is 12.9. The third kappa shape index (κ3) is 6.21. The number of fused-ring (bicyclic) bond motifs is 1. The van der Waals surface area contributed by atoms with E-state index in [1.165, 1.54) is 107 Å². The fourth-order valence-electron chi connectivity index (χ4n) is 8.52. The van der Waals surface area contributed by atoms with Gasteiger partial charge in [0.05, 0.1) is 0 Å². The molecule has 1 amide bonds. The summed E-state index contributed by atoms with van der Waals surface area (Å²) < 4.78 is 6.72. The molecular formula is C36H56N4O2. The van der Waals surface area contributed by atoms with Crippen molar-refractivity contribution in [2.45, 2.75) is 110 Å². The van der Waals surface area contributed by atoms with Gasteiger partial charge in [-0.05, 0) is 126 Å². The van der Waals surface area contributed by atoms with E-state index in [1.54, 1.807) is 5.57 Å². The molecule has 4 saturated heterocycles. The number of anilines is 2. The average molecular weight is 577 g/mol. The highest BCUT2D eigenvalue weighted by Crippen LogP contribution is 2.39. The summed E-state index contributed by atoms with van der Waals surface area (Å²) in [4.78, 5) is 22.7. The van der Waals surface area contributed by atoms with Crippen molar-refractivity contribution < 1.29 is 9.53 Å². The highest BCUT2D eigenvalue weighted by atomic mass is 16.5. The molecule has 5 aliphatic rings. The molecule has 0 bridgehead atoms. The molecule has 0 aromatic heterocycles. The average Bonchev–Trinajstić information content (AvgIpc) is 3.62. The molecule has 1 aromatic carbocycles. The molecule has 6 rings (SSSR count). The zero-order valence-corrected chi connectivity index (χ0v) is 27.0. The molecule has 1 aromatic rings. The van der Waals surface area contributed by atoms with Gasteiger partial charge in [-0.3, -0.25) is 9.69 Å². The summed E-state index contributed by atoms with van der Waals surface area (Å²) in [6, 6.07) is 8.18. The number of allylic oxidation sites excluding steroid dienone is 1.